The predicted octanol–water partition coefficient (Wildman–Crippen LogP) is 4.09. The Bertz CT molecular complexity index is 928. The van der Waals surface area contributed by atoms with Gasteiger partial charge in [-0.15, -0.1) is 0 Å². The van der Waals surface area contributed by atoms with E-state index in [1.54, 1.807) is 60.7 Å². The van der Waals surface area contributed by atoms with Crippen molar-refractivity contribution in [3.8, 4) is 5.75 Å². The maximum Gasteiger partial charge on any atom is 0.276 e. The molecule has 0 aliphatic rings. The van der Waals surface area contributed by atoms with Crippen LogP contribution in [0.3, 0.4) is 0 Å². The number of anilines is 1. The molecule has 0 heterocycles. The molecule has 6 heteroatoms. The van der Waals surface area contributed by atoms with Crippen molar-refractivity contribution >= 4 is 29.0 Å². The van der Waals surface area contributed by atoms with Gasteiger partial charge in [0.25, 0.3) is 5.91 Å². The summed E-state index contributed by atoms with van der Waals surface area (Å²) in [7, 11) is 0. The number of ketones is 1. The molecule has 0 atom stereocenters. The minimum Gasteiger partial charge on any atom is -0.484 e. The maximum atomic E-state index is 12.3. The Kier molecular flexibility index (Phi) is 6.07. The molecule has 0 unspecified atom stereocenters. The number of halogens is 1. The third-order valence-electron chi connectivity index (χ3n) is 3.69. The number of nitrogens with one attached hydrogen (secondary N) is 2. The van der Waals surface area contributed by atoms with Gasteiger partial charge in [0.15, 0.2) is 12.4 Å². The SMILES string of the molecule is O=C(COc1ccc(C(=O)c2ccccc2)cc1)NNc1cccc(Cl)c1. The van der Waals surface area contributed by atoms with Gasteiger partial charge in [0.2, 0.25) is 0 Å². The van der Waals surface area contributed by atoms with Crippen molar-refractivity contribution in [2.24, 2.45) is 0 Å². The number of carbonyl (C=O) groups excluding carboxylic acids is 2. The summed E-state index contributed by atoms with van der Waals surface area (Å²) < 4.78 is 5.43. The Morgan fingerprint density at radius 2 is 1.56 bits per heavy atom. The molecule has 0 radical (unpaired) electrons. The van der Waals surface area contributed by atoms with Crippen molar-refractivity contribution in [3.05, 3.63) is 95.0 Å². The number of ether oxygens (including phenoxy) is 1. The van der Waals surface area contributed by atoms with E-state index in [2.05, 4.69) is 10.9 Å². The molecule has 1 amide bonds. The smallest absolute Gasteiger partial charge is 0.276 e. The molecule has 3 aromatic rings. The van der Waals surface area contributed by atoms with E-state index >= 15 is 0 Å². The topological polar surface area (TPSA) is 67.4 Å². The number of rotatable bonds is 7. The first-order chi connectivity index (χ1) is 13.1. The van der Waals surface area contributed by atoms with Gasteiger partial charge in [-0.25, -0.2) is 0 Å². The molecule has 0 aromatic heterocycles. The molecule has 3 aromatic carbocycles. The molecule has 0 bridgehead atoms. The molecule has 0 aliphatic heterocycles. The van der Waals surface area contributed by atoms with Crippen LogP contribution in [0.2, 0.25) is 5.02 Å². The Morgan fingerprint density at radius 1 is 0.852 bits per heavy atom. The summed E-state index contributed by atoms with van der Waals surface area (Å²) in [5.74, 6) is 0.0857. The third kappa shape index (κ3) is 5.33. The highest BCUT2D eigenvalue weighted by molar-refractivity contribution is 6.30. The largest absolute Gasteiger partial charge is 0.484 e. The molecule has 2 N–H and O–H groups in total. The number of hydrogen-bond donors (Lipinski definition) is 2. The van der Waals surface area contributed by atoms with Gasteiger partial charge in [-0.2, -0.15) is 0 Å². The van der Waals surface area contributed by atoms with Crippen LogP contribution in [0, 0.1) is 0 Å². The van der Waals surface area contributed by atoms with E-state index in [-0.39, 0.29) is 18.3 Å². The predicted molar refractivity (Wildman–Crippen MR) is 105 cm³/mol. The standard InChI is InChI=1S/C21H17ClN2O3/c22-17-7-4-8-18(13-17)23-24-20(25)14-27-19-11-9-16(10-12-19)21(26)15-5-2-1-3-6-15/h1-13,23H,14H2,(H,24,25). The normalized spacial score (nSPS) is 10.1. The van der Waals surface area contributed by atoms with Gasteiger partial charge in [0.05, 0.1) is 5.69 Å². The van der Waals surface area contributed by atoms with E-state index in [9.17, 15) is 9.59 Å². The number of benzene rings is 3. The van der Waals surface area contributed by atoms with Crippen LogP contribution in [0.25, 0.3) is 0 Å². The van der Waals surface area contributed by atoms with Crippen LogP contribution in [0.5, 0.6) is 5.75 Å². The summed E-state index contributed by atoms with van der Waals surface area (Å²) in [5.41, 5.74) is 7.12. The highest BCUT2D eigenvalue weighted by Gasteiger charge is 2.09. The van der Waals surface area contributed by atoms with Crippen LogP contribution in [0.1, 0.15) is 15.9 Å². The fourth-order valence-electron chi connectivity index (χ4n) is 2.35. The summed E-state index contributed by atoms with van der Waals surface area (Å²) in [6.45, 7) is -0.167. The molecule has 5 nitrogen and oxygen atoms in total. The van der Waals surface area contributed by atoms with E-state index in [4.69, 9.17) is 16.3 Å². The third-order valence-corrected chi connectivity index (χ3v) is 3.93. The van der Waals surface area contributed by atoms with E-state index in [0.717, 1.165) is 0 Å². The van der Waals surface area contributed by atoms with Crippen molar-refractivity contribution in [3.63, 3.8) is 0 Å². The Labute approximate surface area is 161 Å². The first kappa shape index (κ1) is 18.5. The van der Waals surface area contributed by atoms with E-state index in [1.807, 2.05) is 18.2 Å². The number of hydrazine groups is 1. The summed E-state index contributed by atoms with van der Waals surface area (Å²) in [6.07, 6.45) is 0. The highest BCUT2D eigenvalue weighted by atomic mass is 35.5. The lowest BCUT2D eigenvalue weighted by molar-refractivity contribution is -0.122. The molecule has 0 fully saturated rings. The Morgan fingerprint density at radius 3 is 2.26 bits per heavy atom. The first-order valence-electron chi connectivity index (χ1n) is 8.25. The van der Waals surface area contributed by atoms with Gasteiger partial charge in [0, 0.05) is 16.1 Å². The van der Waals surface area contributed by atoms with Crippen molar-refractivity contribution in [2.75, 3.05) is 12.0 Å². The molecule has 136 valence electrons. The van der Waals surface area contributed by atoms with Crippen molar-refractivity contribution in [1.82, 2.24) is 5.43 Å². The number of hydrogen-bond acceptors (Lipinski definition) is 4. The van der Waals surface area contributed by atoms with Gasteiger partial charge >= 0.3 is 0 Å². The van der Waals surface area contributed by atoms with Crippen LogP contribution in [-0.4, -0.2) is 18.3 Å². The second kappa shape index (κ2) is 8.87. The molecule has 0 aliphatic carbocycles. The maximum absolute atomic E-state index is 12.3. The minimum absolute atomic E-state index is 0.0642. The summed E-state index contributed by atoms with van der Waals surface area (Å²) in [4.78, 5) is 24.2. The van der Waals surface area contributed by atoms with E-state index in [1.165, 1.54) is 0 Å². The zero-order chi connectivity index (χ0) is 19.1. The average Bonchev–Trinajstić information content (AvgIpc) is 2.71. The van der Waals surface area contributed by atoms with Gasteiger partial charge in [-0.1, -0.05) is 48.0 Å². The molecular formula is C21H17ClN2O3. The number of carbonyl (C=O) groups is 2. The summed E-state index contributed by atoms with van der Waals surface area (Å²) in [6, 6.07) is 22.7. The highest BCUT2D eigenvalue weighted by Crippen LogP contribution is 2.16. The quantitative estimate of drug-likeness (QED) is 0.478. The summed E-state index contributed by atoms with van der Waals surface area (Å²) >= 11 is 5.87. The second-order valence-electron chi connectivity index (χ2n) is 5.69. The lowest BCUT2D eigenvalue weighted by Gasteiger charge is -2.10. The second-order valence-corrected chi connectivity index (χ2v) is 6.13. The van der Waals surface area contributed by atoms with Gasteiger partial charge < -0.3 is 4.74 Å². The van der Waals surface area contributed by atoms with E-state index < -0.39 is 0 Å². The monoisotopic (exact) mass is 380 g/mol. The number of amides is 1. The Hall–Kier alpha value is -3.31. The van der Waals surface area contributed by atoms with E-state index in [0.29, 0.717) is 27.6 Å². The van der Waals surface area contributed by atoms with Crippen LogP contribution in [0.4, 0.5) is 5.69 Å². The minimum atomic E-state index is -0.348. The van der Waals surface area contributed by atoms with Crippen molar-refractivity contribution in [2.45, 2.75) is 0 Å². The molecule has 3 rings (SSSR count). The molecule has 0 saturated carbocycles. The molecule has 0 spiro atoms. The fourth-order valence-corrected chi connectivity index (χ4v) is 2.54. The average molecular weight is 381 g/mol. The van der Waals surface area contributed by atoms with Crippen LogP contribution < -0.4 is 15.6 Å². The Balaban J connectivity index is 1.49. The lowest BCUT2D eigenvalue weighted by Crippen LogP contribution is -2.33. The zero-order valence-electron chi connectivity index (χ0n) is 14.3. The van der Waals surface area contributed by atoms with Crippen molar-refractivity contribution in [1.29, 1.82) is 0 Å². The van der Waals surface area contributed by atoms with Gasteiger partial charge in [0.1, 0.15) is 5.75 Å². The molecule has 0 saturated heterocycles. The fraction of sp³-hybridized carbons (Fsp3) is 0.0476. The zero-order valence-corrected chi connectivity index (χ0v) is 15.1. The summed E-state index contributed by atoms with van der Waals surface area (Å²) in [5, 5.41) is 0.565. The molecular weight excluding hydrogens is 364 g/mol. The lowest BCUT2D eigenvalue weighted by atomic mass is 10.0. The molecule has 27 heavy (non-hydrogen) atoms. The van der Waals surface area contributed by atoms with Crippen LogP contribution in [-0.2, 0) is 4.79 Å². The first-order valence-corrected chi connectivity index (χ1v) is 8.62. The van der Waals surface area contributed by atoms with Gasteiger partial charge in [-0.05, 0) is 42.5 Å². The van der Waals surface area contributed by atoms with Gasteiger partial charge in [-0.3, -0.25) is 20.4 Å². The van der Waals surface area contributed by atoms with Crippen LogP contribution in [0.15, 0.2) is 78.9 Å². The van der Waals surface area contributed by atoms with Crippen LogP contribution >= 0.6 is 11.6 Å². The van der Waals surface area contributed by atoms with Crippen molar-refractivity contribution < 1.29 is 14.3 Å².